The molecular weight excluding hydrogens is 398 g/mol. The van der Waals surface area contributed by atoms with E-state index >= 15 is 0 Å². The average Bonchev–Trinajstić information content (AvgIpc) is 3.35. The standard InChI is InChI=1S/C23H21N3O3S/c1-14(18-9-5-7-16-6-3-4-8-20(16)18)24-21(27)12-17-13-30-23(25-17)26-22(28)19-10-11-29-15(19)2/h3-11,13-14H,12H2,1-2H3,(H,24,27)(H,25,26,28)/t14-/m1/s1. The Morgan fingerprint density at radius 1 is 1.13 bits per heavy atom. The molecule has 0 aliphatic carbocycles. The molecule has 0 saturated heterocycles. The molecule has 1 atom stereocenters. The van der Waals surface area contributed by atoms with E-state index in [1.54, 1.807) is 18.4 Å². The van der Waals surface area contributed by atoms with Crippen LogP contribution >= 0.6 is 11.3 Å². The summed E-state index contributed by atoms with van der Waals surface area (Å²) in [5, 5.41) is 10.3. The van der Waals surface area contributed by atoms with Crippen LogP contribution < -0.4 is 10.6 Å². The Bertz CT molecular complexity index is 1210. The molecule has 7 heteroatoms. The van der Waals surface area contributed by atoms with E-state index in [2.05, 4.69) is 33.8 Å². The molecule has 2 N–H and O–H groups in total. The number of benzene rings is 2. The van der Waals surface area contributed by atoms with Crippen LogP contribution in [-0.2, 0) is 11.2 Å². The smallest absolute Gasteiger partial charge is 0.260 e. The van der Waals surface area contributed by atoms with Gasteiger partial charge in [-0.2, -0.15) is 0 Å². The van der Waals surface area contributed by atoms with Gasteiger partial charge in [0.2, 0.25) is 5.91 Å². The predicted molar refractivity (Wildman–Crippen MR) is 118 cm³/mol. The maximum Gasteiger partial charge on any atom is 0.260 e. The average molecular weight is 420 g/mol. The SMILES string of the molecule is Cc1occc1C(=O)Nc1nc(CC(=O)N[C@H](C)c2cccc3ccccc23)cs1. The van der Waals surface area contributed by atoms with Gasteiger partial charge in [-0.3, -0.25) is 14.9 Å². The van der Waals surface area contributed by atoms with Gasteiger partial charge in [0, 0.05) is 5.38 Å². The molecule has 0 aliphatic rings. The monoisotopic (exact) mass is 419 g/mol. The molecule has 0 spiro atoms. The van der Waals surface area contributed by atoms with Crippen LogP contribution in [0.3, 0.4) is 0 Å². The lowest BCUT2D eigenvalue weighted by Gasteiger charge is -2.16. The molecule has 152 valence electrons. The summed E-state index contributed by atoms with van der Waals surface area (Å²) < 4.78 is 5.15. The van der Waals surface area contributed by atoms with E-state index in [4.69, 9.17) is 4.42 Å². The Balaban J connectivity index is 1.38. The van der Waals surface area contributed by atoms with Gasteiger partial charge >= 0.3 is 0 Å². The lowest BCUT2D eigenvalue weighted by Crippen LogP contribution is -2.28. The van der Waals surface area contributed by atoms with Gasteiger partial charge in [0.1, 0.15) is 5.76 Å². The highest BCUT2D eigenvalue weighted by atomic mass is 32.1. The van der Waals surface area contributed by atoms with E-state index in [1.807, 2.05) is 31.2 Å². The number of amides is 2. The molecule has 30 heavy (non-hydrogen) atoms. The van der Waals surface area contributed by atoms with Gasteiger partial charge in [-0.25, -0.2) is 4.98 Å². The number of aromatic nitrogens is 1. The van der Waals surface area contributed by atoms with Crippen LogP contribution in [0.2, 0.25) is 0 Å². The first-order valence-corrected chi connectivity index (χ1v) is 10.5. The molecule has 2 heterocycles. The van der Waals surface area contributed by atoms with E-state index in [0.29, 0.717) is 22.1 Å². The van der Waals surface area contributed by atoms with Crippen molar-refractivity contribution >= 4 is 39.1 Å². The molecule has 0 unspecified atom stereocenters. The van der Waals surface area contributed by atoms with Gasteiger partial charge in [-0.1, -0.05) is 42.5 Å². The Hall–Kier alpha value is -3.45. The van der Waals surface area contributed by atoms with Crippen LogP contribution in [0, 0.1) is 6.92 Å². The maximum absolute atomic E-state index is 12.5. The summed E-state index contributed by atoms with van der Waals surface area (Å²) in [7, 11) is 0. The fourth-order valence-electron chi connectivity index (χ4n) is 3.39. The third-order valence-electron chi connectivity index (χ3n) is 4.88. The summed E-state index contributed by atoms with van der Waals surface area (Å²) in [4.78, 5) is 29.2. The van der Waals surface area contributed by atoms with Gasteiger partial charge in [-0.15, -0.1) is 11.3 Å². The number of hydrogen-bond donors (Lipinski definition) is 2. The molecule has 6 nitrogen and oxygen atoms in total. The molecule has 4 rings (SSSR count). The molecule has 0 aliphatic heterocycles. The molecule has 2 aromatic carbocycles. The summed E-state index contributed by atoms with van der Waals surface area (Å²) in [6, 6.07) is 15.7. The maximum atomic E-state index is 12.5. The number of anilines is 1. The number of carbonyl (C=O) groups is 2. The van der Waals surface area contributed by atoms with Crippen LogP contribution in [0.25, 0.3) is 10.8 Å². The fraction of sp³-hybridized carbons (Fsp3) is 0.174. The van der Waals surface area contributed by atoms with Crippen molar-refractivity contribution in [3.05, 3.63) is 82.8 Å². The zero-order valence-electron chi connectivity index (χ0n) is 16.6. The number of nitrogens with one attached hydrogen (secondary N) is 2. The number of hydrogen-bond acceptors (Lipinski definition) is 5. The van der Waals surface area contributed by atoms with Gasteiger partial charge in [0.15, 0.2) is 5.13 Å². The molecule has 4 aromatic rings. The van der Waals surface area contributed by atoms with Crippen molar-refractivity contribution in [3.63, 3.8) is 0 Å². The molecule has 0 fully saturated rings. The van der Waals surface area contributed by atoms with E-state index < -0.39 is 0 Å². The zero-order chi connectivity index (χ0) is 21.1. The first-order chi connectivity index (χ1) is 14.5. The number of aryl methyl sites for hydroxylation is 1. The van der Waals surface area contributed by atoms with E-state index in [1.165, 1.54) is 17.6 Å². The molecule has 2 aromatic heterocycles. The van der Waals surface area contributed by atoms with Crippen molar-refractivity contribution in [2.75, 3.05) is 5.32 Å². The highest BCUT2D eigenvalue weighted by Gasteiger charge is 2.16. The van der Waals surface area contributed by atoms with Crippen molar-refractivity contribution in [1.29, 1.82) is 0 Å². The number of thiazole rings is 1. The minimum atomic E-state index is -0.281. The Kier molecular flexibility index (Phi) is 5.63. The summed E-state index contributed by atoms with van der Waals surface area (Å²) >= 11 is 1.29. The Morgan fingerprint density at radius 3 is 2.73 bits per heavy atom. The van der Waals surface area contributed by atoms with E-state index in [0.717, 1.165) is 16.3 Å². The summed E-state index contributed by atoms with van der Waals surface area (Å²) in [6.07, 6.45) is 1.62. The second-order valence-electron chi connectivity index (χ2n) is 7.02. The number of furan rings is 1. The number of rotatable bonds is 6. The number of carbonyl (C=O) groups excluding carboxylic acids is 2. The molecule has 2 amide bonds. The third-order valence-corrected chi connectivity index (χ3v) is 5.69. The van der Waals surface area contributed by atoms with Gasteiger partial charge < -0.3 is 9.73 Å². The van der Waals surface area contributed by atoms with Crippen LogP contribution in [0.15, 0.2) is 64.6 Å². The van der Waals surface area contributed by atoms with E-state index in [9.17, 15) is 9.59 Å². The molecule has 0 radical (unpaired) electrons. The third kappa shape index (κ3) is 4.26. The topological polar surface area (TPSA) is 84.2 Å². The van der Waals surface area contributed by atoms with E-state index in [-0.39, 0.29) is 24.3 Å². The molecule has 0 bridgehead atoms. The van der Waals surface area contributed by atoms with Crippen molar-refractivity contribution in [1.82, 2.24) is 10.3 Å². The first kappa shape index (κ1) is 19.8. The van der Waals surface area contributed by atoms with Crippen molar-refractivity contribution in [2.24, 2.45) is 0 Å². The summed E-state index contributed by atoms with van der Waals surface area (Å²) in [5.74, 6) is 0.145. The Morgan fingerprint density at radius 2 is 1.93 bits per heavy atom. The molecular formula is C23H21N3O3S. The number of fused-ring (bicyclic) bond motifs is 1. The van der Waals surface area contributed by atoms with Crippen LogP contribution in [0.1, 0.15) is 40.3 Å². The zero-order valence-corrected chi connectivity index (χ0v) is 17.5. The normalized spacial score (nSPS) is 11.9. The highest BCUT2D eigenvalue weighted by molar-refractivity contribution is 7.14. The second kappa shape index (κ2) is 8.51. The summed E-state index contributed by atoms with van der Waals surface area (Å²) in [5.41, 5.74) is 2.15. The first-order valence-electron chi connectivity index (χ1n) is 9.58. The largest absolute Gasteiger partial charge is 0.469 e. The lowest BCUT2D eigenvalue weighted by atomic mass is 9.99. The fourth-order valence-corrected chi connectivity index (χ4v) is 4.10. The second-order valence-corrected chi connectivity index (χ2v) is 7.88. The number of nitrogens with zero attached hydrogens (tertiary/aromatic N) is 1. The minimum Gasteiger partial charge on any atom is -0.469 e. The van der Waals surface area contributed by atoms with Crippen LogP contribution in [-0.4, -0.2) is 16.8 Å². The van der Waals surface area contributed by atoms with Gasteiger partial charge in [-0.05, 0) is 36.2 Å². The summed E-state index contributed by atoms with van der Waals surface area (Å²) in [6.45, 7) is 3.70. The van der Waals surface area contributed by atoms with Gasteiger partial charge in [0.05, 0.1) is 30.0 Å². The quantitative estimate of drug-likeness (QED) is 0.467. The minimum absolute atomic E-state index is 0.121. The van der Waals surface area contributed by atoms with Crippen molar-refractivity contribution in [3.8, 4) is 0 Å². The Labute approximate surface area is 177 Å². The molecule has 0 saturated carbocycles. The van der Waals surface area contributed by atoms with Crippen LogP contribution in [0.4, 0.5) is 5.13 Å². The van der Waals surface area contributed by atoms with Gasteiger partial charge in [0.25, 0.3) is 5.91 Å². The van der Waals surface area contributed by atoms with Crippen molar-refractivity contribution in [2.45, 2.75) is 26.3 Å². The lowest BCUT2D eigenvalue weighted by molar-refractivity contribution is -0.121. The highest BCUT2D eigenvalue weighted by Crippen LogP contribution is 2.24. The van der Waals surface area contributed by atoms with Crippen molar-refractivity contribution < 1.29 is 14.0 Å². The van der Waals surface area contributed by atoms with Crippen LogP contribution in [0.5, 0.6) is 0 Å². The predicted octanol–water partition coefficient (Wildman–Crippen LogP) is 4.87.